The summed E-state index contributed by atoms with van der Waals surface area (Å²) < 4.78 is 11.9. The Labute approximate surface area is 158 Å². The Balaban J connectivity index is 1.69. The fourth-order valence-corrected chi connectivity index (χ4v) is 4.70. The SMILES string of the molecule is CSc1ccc([C@@H](CC2CCC3(C2)OCC(C)CO3)C(=O)O)cc1Cl. The van der Waals surface area contributed by atoms with Gasteiger partial charge in [-0.3, -0.25) is 4.79 Å². The Morgan fingerprint density at radius 1 is 1.44 bits per heavy atom. The highest BCUT2D eigenvalue weighted by molar-refractivity contribution is 7.98. The van der Waals surface area contributed by atoms with E-state index >= 15 is 0 Å². The minimum Gasteiger partial charge on any atom is -0.481 e. The Morgan fingerprint density at radius 3 is 2.76 bits per heavy atom. The van der Waals surface area contributed by atoms with E-state index < -0.39 is 17.7 Å². The summed E-state index contributed by atoms with van der Waals surface area (Å²) in [5.74, 6) is -1.12. The minimum absolute atomic E-state index is 0.286. The van der Waals surface area contributed by atoms with Crippen molar-refractivity contribution in [2.24, 2.45) is 11.8 Å². The fraction of sp³-hybridized carbons (Fsp3) is 0.632. The van der Waals surface area contributed by atoms with Gasteiger partial charge in [-0.1, -0.05) is 24.6 Å². The molecule has 4 nitrogen and oxygen atoms in total. The van der Waals surface area contributed by atoms with Crippen molar-refractivity contribution >= 4 is 29.3 Å². The Hall–Kier alpha value is -0.750. The Morgan fingerprint density at radius 2 is 2.16 bits per heavy atom. The second-order valence-electron chi connectivity index (χ2n) is 7.27. The van der Waals surface area contributed by atoms with Gasteiger partial charge in [0.05, 0.1) is 24.2 Å². The van der Waals surface area contributed by atoms with Crippen molar-refractivity contribution in [3.63, 3.8) is 0 Å². The van der Waals surface area contributed by atoms with Gasteiger partial charge >= 0.3 is 5.97 Å². The number of rotatable bonds is 5. The summed E-state index contributed by atoms with van der Waals surface area (Å²) in [6, 6.07) is 5.59. The zero-order chi connectivity index (χ0) is 18.0. The molecule has 2 atom stereocenters. The maximum Gasteiger partial charge on any atom is 0.310 e. The maximum absolute atomic E-state index is 11.9. The lowest BCUT2D eigenvalue weighted by molar-refractivity contribution is -0.278. The molecule has 1 aromatic rings. The molecule has 25 heavy (non-hydrogen) atoms. The van der Waals surface area contributed by atoms with E-state index in [2.05, 4.69) is 6.92 Å². The summed E-state index contributed by atoms with van der Waals surface area (Å²) in [6.45, 7) is 3.56. The first-order valence-electron chi connectivity index (χ1n) is 8.76. The zero-order valence-corrected chi connectivity index (χ0v) is 16.2. The van der Waals surface area contributed by atoms with Crippen LogP contribution < -0.4 is 0 Å². The number of benzene rings is 1. The van der Waals surface area contributed by atoms with Crippen LogP contribution in [0.1, 0.15) is 44.1 Å². The number of halogens is 1. The standard InChI is InChI=1S/C19H25ClO4S/c1-12-10-23-19(24-11-12)6-5-13(9-19)7-15(18(21)22)14-3-4-17(25-2)16(20)8-14/h3-4,8,12-13,15H,5-7,9-11H2,1-2H3,(H,21,22)/t12?,13?,15-,19?/m1/s1. The molecule has 2 fully saturated rings. The van der Waals surface area contributed by atoms with Gasteiger partial charge in [0.15, 0.2) is 5.79 Å². The van der Waals surface area contributed by atoms with E-state index in [1.807, 2.05) is 18.4 Å². The number of carboxylic acids is 1. The third kappa shape index (κ3) is 4.33. The van der Waals surface area contributed by atoms with Gasteiger partial charge in [0.25, 0.3) is 0 Å². The van der Waals surface area contributed by atoms with E-state index in [1.165, 1.54) is 0 Å². The van der Waals surface area contributed by atoms with E-state index in [1.54, 1.807) is 17.8 Å². The Kier molecular flexibility index (Phi) is 5.99. The van der Waals surface area contributed by atoms with Gasteiger partial charge in [0.2, 0.25) is 0 Å². The highest BCUT2D eigenvalue weighted by atomic mass is 35.5. The number of aliphatic carboxylic acids is 1. The maximum atomic E-state index is 11.9. The smallest absolute Gasteiger partial charge is 0.310 e. The molecular weight excluding hydrogens is 360 g/mol. The van der Waals surface area contributed by atoms with Gasteiger partial charge in [0, 0.05) is 23.7 Å². The molecule has 1 aromatic carbocycles. The van der Waals surface area contributed by atoms with Crippen LogP contribution >= 0.6 is 23.4 Å². The van der Waals surface area contributed by atoms with Gasteiger partial charge in [-0.25, -0.2) is 0 Å². The summed E-state index contributed by atoms with van der Waals surface area (Å²) >= 11 is 7.83. The molecule has 0 bridgehead atoms. The van der Waals surface area contributed by atoms with Crippen LogP contribution in [0, 0.1) is 11.8 Å². The molecule has 0 amide bonds. The van der Waals surface area contributed by atoms with Gasteiger partial charge in [-0.15, -0.1) is 11.8 Å². The van der Waals surface area contributed by atoms with Crippen LogP contribution in [0.3, 0.4) is 0 Å². The van der Waals surface area contributed by atoms with Gasteiger partial charge in [0.1, 0.15) is 0 Å². The van der Waals surface area contributed by atoms with Crippen LogP contribution in [0.5, 0.6) is 0 Å². The second-order valence-corrected chi connectivity index (χ2v) is 8.52. The molecule has 1 unspecified atom stereocenters. The first-order valence-corrected chi connectivity index (χ1v) is 10.4. The molecule has 0 radical (unpaired) electrons. The van der Waals surface area contributed by atoms with Crippen molar-refractivity contribution in [3.8, 4) is 0 Å². The quantitative estimate of drug-likeness (QED) is 0.739. The monoisotopic (exact) mass is 384 g/mol. The molecule has 1 saturated carbocycles. The summed E-state index contributed by atoms with van der Waals surface area (Å²) in [6.07, 6.45) is 5.12. The predicted molar refractivity (Wildman–Crippen MR) is 99.4 cm³/mol. The molecule has 1 saturated heterocycles. The van der Waals surface area contributed by atoms with Crippen LogP contribution in [-0.4, -0.2) is 36.3 Å². The summed E-state index contributed by atoms with van der Waals surface area (Å²) in [4.78, 5) is 12.8. The molecule has 3 rings (SSSR count). The minimum atomic E-state index is -0.798. The first kappa shape index (κ1) is 19.0. The third-order valence-electron chi connectivity index (χ3n) is 5.24. The van der Waals surface area contributed by atoms with E-state index in [0.717, 1.165) is 42.9 Å². The van der Waals surface area contributed by atoms with E-state index in [-0.39, 0.29) is 5.92 Å². The zero-order valence-electron chi connectivity index (χ0n) is 14.7. The molecule has 6 heteroatoms. The fourth-order valence-electron chi connectivity index (χ4n) is 3.82. The van der Waals surface area contributed by atoms with Gasteiger partial charge in [-0.05, 0) is 42.7 Å². The lowest BCUT2D eigenvalue weighted by Crippen LogP contribution is -2.41. The van der Waals surface area contributed by atoms with Crippen molar-refractivity contribution in [1.82, 2.24) is 0 Å². The van der Waals surface area contributed by atoms with E-state index in [4.69, 9.17) is 21.1 Å². The van der Waals surface area contributed by atoms with Gasteiger partial charge < -0.3 is 14.6 Å². The average molecular weight is 385 g/mol. The number of ether oxygens (including phenoxy) is 2. The second kappa shape index (κ2) is 7.87. The molecule has 0 aromatic heterocycles. The Bertz CT molecular complexity index is 628. The molecule has 1 aliphatic carbocycles. The molecule has 138 valence electrons. The first-order chi connectivity index (χ1) is 11.9. The van der Waals surface area contributed by atoms with Crippen LogP contribution in [0.2, 0.25) is 5.02 Å². The van der Waals surface area contributed by atoms with E-state index in [0.29, 0.717) is 17.4 Å². The molecular formula is C19H25ClO4S. The number of carboxylic acid groups (broad SMARTS) is 1. The van der Waals surface area contributed by atoms with Crippen LogP contribution in [0.4, 0.5) is 0 Å². The van der Waals surface area contributed by atoms with Crippen molar-refractivity contribution in [3.05, 3.63) is 28.8 Å². The average Bonchev–Trinajstić information content (AvgIpc) is 2.98. The van der Waals surface area contributed by atoms with Crippen LogP contribution in [0.25, 0.3) is 0 Å². The van der Waals surface area contributed by atoms with Crippen LogP contribution in [-0.2, 0) is 14.3 Å². The number of hydrogen-bond acceptors (Lipinski definition) is 4. The number of hydrogen-bond donors (Lipinski definition) is 1. The van der Waals surface area contributed by atoms with E-state index in [9.17, 15) is 9.90 Å². The lowest BCUT2D eigenvalue weighted by atomic mass is 9.88. The summed E-state index contributed by atoms with van der Waals surface area (Å²) in [5.41, 5.74) is 0.773. The molecule has 1 aliphatic heterocycles. The van der Waals surface area contributed by atoms with Crippen molar-refractivity contribution in [2.75, 3.05) is 19.5 Å². The largest absolute Gasteiger partial charge is 0.481 e. The van der Waals surface area contributed by atoms with Crippen molar-refractivity contribution in [2.45, 2.75) is 49.2 Å². The van der Waals surface area contributed by atoms with Gasteiger partial charge in [-0.2, -0.15) is 0 Å². The normalized spacial score (nSPS) is 30.5. The number of carbonyl (C=O) groups is 1. The molecule has 1 heterocycles. The molecule has 2 aliphatic rings. The third-order valence-corrected chi connectivity index (χ3v) is 6.46. The van der Waals surface area contributed by atoms with Crippen molar-refractivity contribution in [1.29, 1.82) is 0 Å². The molecule has 1 spiro atoms. The van der Waals surface area contributed by atoms with Crippen molar-refractivity contribution < 1.29 is 19.4 Å². The summed E-state index contributed by atoms with van der Waals surface area (Å²) in [5, 5.41) is 10.3. The predicted octanol–water partition coefficient (Wildman–Crippen LogP) is 4.80. The lowest BCUT2D eigenvalue weighted by Gasteiger charge is -2.36. The highest BCUT2D eigenvalue weighted by Crippen LogP contribution is 2.44. The number of thioether (sulfide) groups is 1. The highest BCUT2D eigenvalue weighted by Gasteiger charge is 2.44. The topological polar surface area (TPSA) is 55.8 Å². The molecule has 1 N–H and O–H groups in total. The summed E-state index contributed by atoms with van der Waals surface area (Å²) in [7, 11) is 0. The van der Waals surface area contributed by atoms with Crippen LogP contribution in [0.15, 0.2) is 23.1 Å².